The number of hydrogen-bond acceptors (Lipinski definition) is 8. The fourth-order valence-electron chi connectivity index (χ4n) is 8.46. The number of carboxylic acid groups (broad SMARTS) is 1. The Balaban J connectivity index is 1.08. The number of fused-ring (bicyclic) bond motifs is 1. The van der Waals surface area contributed by atoms with Crippen molar-refractivity contribution in [1.29, 1.82) is 0 Å². The van der Waals surface area contributed by atoms with E-state index in [1.54, 1.807) is 138 Å². The third kappa shape index (κ3) is 10.5. The van der Waals surface area contributed by atoms with Crippen LogP contribution in [0.5, 0.6) is 0 Å². The van der Waals surface area contributed by atoms with E-state index < -0.39 is 65.6 Å². The lowest BCUT2D eigenvalue weighted by atomic mass is 10.0. The van der Waals surface area contributed by atoms with Gasteiger partial charge in [-0.3, -0.25) is 24.0 Å². The summed E-state index contributed by atoms with van der Waals surface area (Å²) in [6.07, 6.45) is -0.184. The van der Waals surface area contributed by atoms with E-state index in [0.717, 1.165) is 0 Å². The number of nitrogens with one attached hydrogen (secondary N) is 5. The minimum absolute atomic E-state index is 0.290. The molecule has 66 heavy (non-hydrogen) atoms. The minimum Gasteiger partial charge on any atom is -0.465 e. The molecule has 2 aliphatic rings. The van der Waals surface area contributed by atoms with Crippen LogP contribution in [0.4, 0.5) is 21.0 Å². The number of carbonyl (C=O) groups is 7. The highest BCUT2D eigenvalue weighted by atomic mass is 16.6. The van der Waals surface area contributed by atoms with Gasteiger partial charge in [0.15, 0.2) is 0 Å². The minimum atomic E-state index is -1.36. The molecule has 0 bridgehead atoms. The lowest BCUT2D eigenvalue weighted by Crippen LogP contribution is -2.49. The van der Waals surface area contributed by atoms with E-state index >= 15 is 0 Å². The molecule has 0 saturated carbocycles. The van der Waals surface area contributed by atoms with Crippen LogP contribution in [0.3, 0.4) is 0 Å². The molecule has 4 atom stereocenters. The maximum Gasteiger partial charge on any atom is 0.408 e. The van der Waals surface area contributed by atoms with Crippen molar-refractivity contribution in [2.24, 2.45) is 0 Å². The third-order valence-electron chi connectivity index (χ3n) is 11.5. The van der Waals surface area contributed by atoms with E-state index in [0.29, 0.717) is 82.5 Å². The number of nitrogens with zero attached hydrogens (tertiary/aromatic N) is 3. The van der Waals surface area contributed by atoms with Crippen molar-refractivity contribution < 1.29 is 43.4 Å². The highest BCUT2D eigenvalue weighted by molar-refractivity contribution is 6.13. The van der Waals surface area contributed by atoms with Gasteiger partial charge in [0.2, 0.25) is 11.8 Å². The summed E-state index contributed by atoms with van der Waals surface area (Å²) in [7, 11) is 3.27. The van der Waals surface area contributed by atoms with Gasteiger partial charge < -0.3 is 50.8 Å². The first-order valence-electron chi connectivity index (χ1n) is 21.8. The smallest absolute Gasteiger partial charge is 0.408 e. The molecule has 5 aromatic rings. The van der Waals surface area contributed by atoms with Crippen molar-refractivity contribution >= 4 is 64.0 Å². The Morgan fingerprint density at radius 1 is 0.697 bits per heavy atom. The lowest BCUT2D eigenvalue weighted by Gasteiger charge is -2.29. The molecule has 4 aromatic carbocycles. The maximum absolute atomic E-state index is 14.2. The molecule has 1 aromatic heterocycles. The van der Waals surface area contributed by atoms with Gasteiger partial charge in [-0.2, -0.15) is 0 Å². The zero-order valence-electron chi connectivity index (χ0n) is 37.4. The summed E-state index contributed by atoms with van der Waals surface area (Å²) in [4.78, 5) is 102. The van der Waals surface area contributed by atoms with Gasteiger partial charge in [0.25, 0.3) is 17.7 Å². The van der Waals surface area contributed by atoms with E-state index in [1.165, 1.54) is 14.7 Å². The highest BCUT2D eigenvalue weighted by Gasteiger charge is 2.40. The number of benzene rings is 4. The van der Waals surface area contributed by atoms with Crippen LogP contribution in [0.25, 0.3) is 22.2 Å². The van der Waals surface area contributed by atoms with E-state index in [2.05, 4.69) is 26.3 Å². The molecule has 7 amide bonds. The number of aromatic amines is 1. The molecular weight excluding hydrogens is 845 g/mol. The summed E-state index contributed by atoms with van der Waals surface area (Å²) in [6, 6.07) is 25.4. The predicted octanol–water partition coefficient (Wildman–Crippen LogP) is 6.67. The van der Waals surface area contributed by atoms with Gasteiger partial charge in [0.05, 0.1) is 11.3 Å². The molecule has 0 spiro atoms. The van der Waals surface area contributed by atoms with E-state index in [1.807, 2.05) is 0 Å². The Morgan fingerprint density at radius 2 is 1.20 bits per heavy atom. The zero-order valence-corrected chi connectivity index (χ0v) is 37.4. The third-order valence-corrected chi connectivity index (χ3v) is 11.5. The van der Waals surface area contributed by atoms with Gasteiger partial charge >= 0.3 is 12.2 Å². The average molecular weight is 899 g/mol. The molecule has 2 saturated heterocycles. The summed E-state index contributed by atoms with van der Waals surface area (Å²) >= 11 is 0. The van der Waals surface area contributed by atoms with Crippen molar-refractivity contribution in [3.63, 3.8) is 0 Å². The largest absolute Gasteiger partial charge is 0.465 e. The first kappa shape index (κ1) is 46.3. The number of aromatic nitrogens is 1. The van der Waals surface area contributed by atoms with Crippen LogP contribution in [0.2, 0.25) is 0 Å². The number of ether oxygens (including phenoxy) is 1. The summed E-state index contributed by atoms with van der Waals surface area (Å²) in [5.74, 6) is -2.10. The second kappa shape index (κ2) is 19.6. The van der Waals surface area contributed by atoms with Crippen molar-refractivity contribution in [2.75, 3.05) is 37.8 Å². The molecule has 3 heterocycles. The van der Waals surface area contributed by atoms with E-state index in [4.69, 9.17) is 4.74 Å². The monoisotopic (exact) mass is 898 g/mol. The van der Waals surface area contributed by atoms with Crippen LogP contribution in [-0.2, 0) is 23.9 Å². The van der Waals surface area contributed by atoms with Gasteiger partial charge in [-0.25, -0.2) is 9.59 Å². The van der Waals surface area contributed by atoms with Crippen LogP contribution < -0.4 is 21.3 Å². The number of hydrogen-bond donors (Lipinski definition) is 6. The van der Waals surface area contributed by atoms with Gasteiger partial charge in [-0.05, 0) is 93.5 Å². The van der Waals surface area contributed by atoms with Crippen molar-refractivity contribution in [2.45, 2.75) is 76.2 Å². The van der Waals surface area contributed by atoms with Gasteiger partial charge in [0, 0.05) is 49.5 Å². The molecule has 17 heteroatoms. The summed E-state index contributed by atoms with van der Waals surface area (Å²) < 4.78 is 5.46. The number of alkyl carbamates (subject to hydrolysis) is 1. The quantitative estimate of drug-likeness (QED) is 0.0786. The molecule has 6 N–H and O–H groups in total. The van der Waals surface area contributed by atoms with Crippen LogP contribution in [0.1, 0.15) is 80.0 Å². The normalized spacial score (nSPS) is 16.8. The number of H-pyrrole nitrogens is 1. The van der Waals surface area contributed by atoms with E-state index in [-0.39, 0.29) is 12.5 Å². The van der Waals surface area contributed by atoms with Gasteiger partial charge in [-0.15, -0.1) is 0 Å². The summed E-state index contributed by atoms with van der Waals surface area (Å²) in [5.41, 5.74) is 3.18. The number of amides is 7. The zero-order chi connectivity index (χ0) is 47.3. The first-order valence-corrected chi connectivity index (χ1v) is 21.8. The molecule has 7 rings (SSSR count). The molecular formula is C49H54N8O9. The van der Waals surface area contributed by atoms with Crippen molar-refractivity contribution in [3.05, 3.63) is 120 Å². The van der Waals surface area contributed by atoms with Crippen molar-refractivity contribution in [3.8, 4) is 11.3 Å². The number of rotatable bonds is 12. The first-order chi connectivity index (χ1) is 31.5. The second-order valence-corrected chi connectivity index (χ2v) is 17.6. The van der Waals surface area contributed by atoms with Gasteiger partial charge in [-0.1, -0.05) is 72.8 Å². The Hall–Kier alpha value is -7.69. The summed E-state index contributed by atoms with van der Waals surface area (Å²) in [5, 5.41) is 20.9. The average Bonchev–Trinajstić information content (AvgIpc) is 4.07. The summed E-state index contributed by atoms with van der Waals surface area (Å²) in [6.45, 7) is 5.78. The fraction of sp³-hybridized carbons (Fsp3) is 0.327. The molecule has 2 fully saturated rings. The molecule has 0 unspecified atom stereocenters. The molecule has 344 valence electrons. The number of carbonyl (C=O) groups excluding carboxylic acids is 6. The highest BCUT2D eigenvalue weighted by Crippen LogP contribution is 2.35. The Labute approximate surface area is 381 Å². The Bertz CT molecular complexity index is 2630. The molecule has 2 aliphatic heterocycles. The molecule has 0 aliphatic carbocycles. The lowest BCUT2D eigenvalue weighted by molar-refractivity contribution is -0.138. The van der Waals surface area contributed by atoms with E-state index in [9.17, 15) is 38.7 Å². The fourth-order valence-corrected chi connectivity index (χ4v) is 8.46. The van der Waals surface area contributed by atoms with Crippen LogP contribution >= 0.6 is 0 Å². The predicted molar refractivity (Wildman–Crippen MR) is 247 cm³/mol. The van der Waals surface area contributed by atoms with Crippen LogP contribution in [0.15, 0.2) is 103 Å². The SMILES string of the molecule is CN(C)C(=O)c1c(-c2ccc(NC(=O)[C@@H]3CCCN3C(=O)[C@H](NC(=O)O)c3ccccc3)cc2)[nH]c2ccc(NC(=O)[C@@H]3CCCN3C(=O)[C@H](NC(=O)OC(C)(C)C)c3ccccc3)cc12. The molecule has 0 radical (unpaired) electrons. The van der Waals surface area contributed by atoms with Crippen LogP contribution in [0, 0.1) is 0 Å². The second-order valence-electron chi connectivity index (χ2n) is 17.6. The maximum atomic E-state index is 14.2. The standard InChI is InChI=1S/C49H54N8O9/c1-49(2,3)66-48(65)54-41(30-16-10-7-11-17-30)46(62)57-27-13-19-37(57)43(59)51-33-24-25-35-34(28-33)38(44(60)55(4)5)39(52-35)31-20-22-32(23-21-31)50-42(58)36-18-12-26-56(36)45(61)40(53-47(63)64)29-14-8-6-9-15-29/h6-11,14-17,20-25,28,36-37,40-41,52-53H,12-13,18-19,26-27H2,1-5H3,(H,50,58)(H,51,59)(H,54,65)(H,63,64)/t36-,37-,40+,41+/m0/s1. The Morgan fingerprint density at radius 3 is 1.70 bits per heavy atom. The number of anilines is 2. The number of likely N-dealkylation sites (tertiary alicyclic amines) is 2. The van der Waals surface area contributed by atoms with Crippen LogP contribution in [-0.4, -0.2) is 111 Å². The topological polar surface area (TPSA) is 223 Å². The Kier molecular flexibility index (Phi) is 13.7. The van der Waals surface area contributed by atoms with Gasteiger partial charge in [0.1, 0.15) is 29.8 Å². The molecule has 17 nitrogen and oxygen atoms in total. The van der Waals surface area contributed by atoms with Crippen molar-refractivity contribution in [1.82, 2.24) is 30.3 Å².